The number of carbonyl (C=O) groups is 2. The number of carbonyl (C=O) groups excluding carboxylic acids is 2. The largest absolute Gasteiger partial charge is 0.427 e. The van der Waals surface area contributed by atoms with Crippen molar-refractivity contribution in [2.45, 2.75) is 20.8 Å². The van der Waals surface area contributed by atoms with Crippen LogP contribution in [0.5, 0.6) is 5.75 Å². The minimum atomic E-state index is -0.436. The maximum atomic E-state index is 10.9. The Balaban J connectivity index is 3.11. The van der Waals surface area contributed by atoms with E-state index in [1.165, 1.54) is 19.9 Å². The van der Waals surface area contributed by atoms with E-state index in [9.17, 15) is 9.59 Å². The van der Waals surface area contributed by atoms with E-state index in [-0.39, 0.29) is 5.91 Å². The Kier molecular flexibility index (Phi) is 3.90. The average Bonchev–Trinajstić information content (AvgIpc) is 2.11. The molecule has 4 nitrogen and oxygen atoms in total. The van der Waals surface area contributed by atoms with Crippen LogP contribution in [0.2, 0.25) is 5.02 Å². The van der Waals surface area contributed by atoms with E-state index < -0.39 is 5.97 Å². The van der Waals surface area contributed by atoms with Gasteiger partial charge in [0.2, 0.25) is 5.91 Å². The van der Waals surface area contributed by atoms with Crippen molar-refractivity contribution in [2.24, 2.45) is 0 Å². The molecular weight excluding hydrogens is 230 g/mol. The van der Waals surface area contributed by atoms with Crippen LogP contribution in [-0.4, -0.2) is 11.9 Å². The van der Waals surface area contributed by atoms with Gasteiger partial charge in [-0.2, -0.15) is 0 Å². The minimum Gasteiger partial charge on any atom is -0.427 e. The molecule has 1 aromatic rings. The molecule has 1 rings (SSSR count). The number of hydrogen-bond donors (Lipinski definition) is 1. The maximum Gasteiger partial charge on any atom is 0.308 e. The standard InChI is InChI=1S/C11H12ClNO3/c1-6-10(12)4-9(16-8(3)15)5-11(6)13-7(2)14/h4-5H,1-3H3,(H,13,14). The third-order valence-electron chi connectivity index (χ3n) is 1.89. The van der Waals surface area contributed by atoms with Gasteiger partial charge in [0.05, 0.1) is 0 Å². The lowest BCUT2D eigenvalue weighted by atomic mass is 10.2. The van der Waals surface area contributed by atoms with Gasteiger partial charge in [-0.15, -0.1) is 0 Å². The fraction of sp³-hybridized carbons (Fsp3) is 0.273. The molecule has 0 fully saturated rings. The highest BCUT2D eigenvalue weighted by Crippen LogP contribution is 2.29. The number of benzene rings is 1. The second-order valence-electron chi connectivity index (χ2n) is 3.35. The topological polar surface area (TPSA) is 55.4 Å². The van der Waals surface area contributed by atoms with Crippen molar-refractivity contribution in [2.75, 3.05) is 5.32 Å². The van der Waals surface area contributed by atoms with E-state index in [2.05, 4.69) is 5.32 Å². The SMILES string of the molecule is CC(=O)Nc1cc(OC(C)=O)cc(Cl)c1C. The normalized spacial score (nSPS) is 9.75. The summed E-state index contributed by atoms with van der Waals surface area (Å²) in [4.78, 5) is 21.7. The lowest BCUT2D eigenvalue weighted by Crippen LogP contribution is -2.08. The maximum absolute atomic E-state index is 10.9. The second kappa shape index (κ2) is 4.99. The third-order valence-corrected chi connectivity index (χ3v) is 2.28. The lowest BCUT2D eigenvalue weighted by Gasteiger charge is -2.10. The Morgan fingerprint density at radius 2 is 1.94 bits per heavy atom. The van der Waals surface area contributed by atoms with Crippen molar-refractivity contribution < 1.29 is 14.3 Å². The molecule has 0 heterocycles. The molecule has 16 heavy (non-hydrogen) atoms. The molecule has 1 N–H and O–H groups in total. The summed E-state index contributed by atoms with van der Waals surface area (Å²) in [5, 5.41) is 3.05. The molecule has 1 amide bonds. The Labute approximate surface area is 98.5 Å². The zero-order valence-electron chi connectivity index (χ0n) is 9.26. The van der Waals surface area contributed by atoms with Crippen molar-refractivity contribution in [1.82, 2.24) is 0 Å². The van der Waals surface area contributed by atoms with Gasteiger partial charge < -0.3 is 10.1 Å². The van der Waals surface area contributed by atoms with Crippen LogP contribution in [-0.2, 0) is 9.59 Å². The van der Waals surface area contributed by atoms with E-state index in [1.54, 1.807) is 13.0 Å². The third kappa shape index (κ3) is 3.24. The number of hydrogen-bond acceptors (Lipinski definition) is 3. The van der Waals surface area contributed by atoms with Crippen LogP contribution < -0.4 is 10.1 Å². The van der Waals surface area contributed by atoms with Crippen LogP contribution in [0.4, 0.5) is 5.69 Å². The summed E-state index contributed by atoms with van der Waals surface area (Å²) in [6.45, 7) is 4.46. The fourth-order valence-corrected chi connectivity index (χ4v) is 1.41. The summed E-state index contributed by atoms with van der Waals surface area (Å²) < 4.78 is 4.90. The van der Waals surface area contributed by atoms with Crippen LogP contribution in [0.25, 0.3) is 0 Å². The van der Waals surface area contributed by atoms with E-state index in [1.807, 2.05) is 0 Å². The Hall–Kier alpha value is -1.55. The monoisotopic (exact) mass is 241 g/mol. The van der Waals surface area contributed by atoms with E-state index in [0.717, 1.165) is 5.56 Å². The predicted octanol–water partition coefficient (Wildman–Crippen LogP) is 2.53. The Morgan fingerprint density at radius 3 is 2.44 bits per heavy atom. The molecule has 1 aromatic carbocycles. The molecule has 0 spiro atoms. The molecule has 0 saturated carbocycles. The number of anilines is 1. The van der Waals surface area contributed by atoms with Gasteiger partial charge in [0, 0.05) is 30.6 Å². The molecule has 0 aliphatic rings. The molecule has 0 aromatic heterocycles. The molecule has 0 aliphatic carbocycles. The van der Waals surface area contributed by atoms with Gasteiger partial charge in [-0.05, 0) is 18.6 Å². The summed E-state index contributed by atoms with van der Waals surface area (Å²) in [5.74, 6) is -0.334. The van der Waals surface area contributed by atoms with Crippen LogP contribution in [0.15, 0.2) is 12.1 Å². The first-order valence-electron chi connectivity index (χ1n) is 4.66. The predicted molar refractivity (Wildman–Crippen MR) is 61.8 cm³/mol. The first-order valence-corrected chi connectivity index (χ1v) is 5.04. The number of esters is 1. The summed E-state index contributed by atoms with van der Waals surface area (Å²) >= 11 is 5.94. The van der Waals surface area contributed by atoms with Gasteiger partial charge in [0.1, 0.15) is 5.75 Å². The molecule has 0 bridgehead atoms. The van der Waals surface area contributed by atoms with E-state index in [0.29, 0.717) is 16.5 Å². The molecule has 5 heteroatoms. The molecular formula is C11H12ClNO3. The van der Waals surface area contributed by atoms with E-state index >= 15 is 0 Å². The highest BCUT2D eigenvalue weighted by molar-refractivity contribution is 6.32. The smallest absolute Gasteiger partial charge is 0.308 e. The van der Waals surface area contributed by atoms with Crippen LogP contribution in [0, 0.1) is 6.92 Å². The van der Waals surface area contributed by atoms with Crippen molar-refractivity contribution in [3.63, 3.8) is 0 Å². The zero-order valence-corrected chi connectivity index (χ0v) is 10.0. The number of amides is 1. The second-order valence-corrected chi connectivity index (χ2v) is 3.76. The van der Waals surface area contributed by atoms with E-state index in [4.69, 9.17) is 16.3 Å². The summed E-state index contributed by atoms with van der Waals surface area (Å²) in [7, 11) is 0. The zero-order chi connectivity index (χ0) is 12.3. The van der Waals surface area contributed by atoms with Gasteiger partial charge >= 0.3 is 5.97 Å². The van der Waals surface area contributed by atoms with Gasteiger partial charge in [0.15, 0.2) is 0 Å². The molecule has 0 atom stereocenters. The number of ether oxygens (including phenoxy) is 1. The Bertz CT molecular complexity index is 443. The van der Waals surface area contributed by atoms with Crippen LogP contribution in [0.3, 0.4) is 0 Å². The average molecular weight is 242 g/mol. The fourth-order valence-electron chi connectivity index (χ4n) is 1.20. The van der Waals surface area contributed by atoms with Crippen LogP contribution >= 0.6 is 11.6 Å². The molecule has 0 aliphatic heterocycles. The first kappa shape index (κ1) is 12.5. The van der Waals surface area contributed by atoms with Gasteiger partial charge in [-0.25, -0.2) is 0 Å². The van der Waals surface area contributed by atoms with Crippen LogP contribution in [0.1, 0.15) is 19.4 Å². The van der Waals surface area contributed by atoms with Crippen molar-refractivity contribution in [3.05, 3.63) is 22.7 Å². The summed E-state index contributed by atoms with van der Waals surface area (Å²) in [5.41, 5.74) is 1.27. The highest BCUT2D eigenvalue weighted by Gasteiger charge is 2.09. The number of nitrogens with one attached hydrogen (secondary N) is 1. The number of halogens is 1. The quantitative estimate of drug-likeness (QED) is 0.639. The molecule has 0 radical (unpaired) electrons. The minimum absolute atomic E-state index is 0.209. The molecule has 0 saturated heterocycles. The highest BCUT2D eigenvalue weighted by atomic mass is 35.5. The number of rotatable bonds is 2. The molecule has 86 valence electrons. The summed E-state index contributed by atoms with van der Waals surface area (Å²) in [6, 6.07) is 3.09. The van der Waals surface area contributed by atoms with Crippen molar-refractivity contribution in [3.8, 4) is 5.75 Å². The van der Waals surface area contributed by atoms with Gasteiger partial charge in [0.25, 0.3) is 0 Å². The Morgan fingerprint density at radius 1 is 1.31 bits per heavy atom. The van der Waals surface area contributed by atoms with Gasteiger partial charge in [-0.3, -0.25) is 9.59 Å². The van der Waals surface area contributed by atoms with Crippen molar-refractivity contribution in [1.29, 1.82) is 0 Å². The molecule has 0 unspecified atom stereocenters. The summed E-state index contributed by atoms with van der Waals surface area (Å²) in [6.07, 6.45) is 0. The van der Waals surface area contributed by atoms with Crippen molar-refractivity contribution >= 4 is 29.2 Å². The lowest BCUT2D eigenvalue weighted by molar-refractivity contribution is -0.131. The van der Waals surface area contributed by atoms with Gasteiger partial charge in [-0.1, -0.05) is 11.6 Å². The first-order chi connectivity index (χ1) is 7.40.